The van der Waals surface area contributed by atoms with E-state index in [1.165, 1.54) is 4.90 Å². The summed E-state index contributed by atoms with van der Waals surface area (Å²) in [6.07, 6.45) is 0.0755. The number of rotatable bonds is 3. The number of sulfonamides is 1. The number of halogens is 2. The molecule has 2 aromatic carbocycles. The molecule has 3 atom stereocenters. The van der Waals surface area contributed by atoms with E-state index >= 15 is 4.39 Å². The molecule has 0 spiro atoms. The van der Waals surface area contributed by atoms with Crippen LogP contribution < -0.4 is 9.46 Å². The lowest BCUT2D eigenvalue weighted by Crippen LogP contribution is -2.52. The van der Waals surface area contributed by atoms with Gasteiger partial charge >= 0.3 is 6.03 Å². The second kappa shape index (κ2) is 9.26. The van der Waals surface area contributed by atoms with Crippen LogP contribution in [0.1, 0.15) is 12.5 Å². The van der Waals surface area contributed by atoms with Crippen molar-refractivity contribution in [2.24, 2.45) is 5.92 Å². The number of urea groups is 1. The monoisotopic (exact) mass is 479 g/mol. The van der Waals surface area contributed by atoms with Crippen molar-refractivity contribution in [2.45, 2.75) is 25.4 Å². The van der Waals surface area contributed by atoms with E-state index < -0.39 is 33.9 Å². The summed E-state index contributed by atoms with van der Waals surface area (Å²) >= 11 is 0. The largest absolute Gasteiger partial charge is 0.491 e. The number of likely N-dealkylation sites (N-methyl/N-ethyl adjacent to an activating group) is 1. The molecule has 1 N–H and O–H groups in total. The van der Waals surface area contributed by atoms with Crippen LogP contribution in [0.4, 0.5) is 13.6 Å². The molecule has 2 amide bonds. The predicted octanol–water partition coefficient (Wildman–Crippen LogP) is 3.01. The molecule has 0 radical (unpaired) electrons. The lowest BCUT2D eigenvalue weighted by Gasteiger charge is -2.32. The van der Waals surface area contributed by atoms with Crippen LogP contribution in [-0.4, -0.2) is 69.1 Å². The summed E-state index contributed by atoms with van der Waals surface area (Å²) in [4.78, 5) is 16.3. The number of nitrogens with zero attached hydrogens (tertiary/aromatic N) is 2. The molecule has 2 bridgehead atoms. The highest BCUT2D eigenvalue weighted by Crippen LogP contribution is 2.35. The lowest BCUT2D eigenvalue weighted by molar-refractivity contribution is 0.146. The maximum absolute atomic E-state index is 15.7. The van der Waals surface area contributed by atoms with Gasteiger partial charge in [0, 0.05) is 30.8 Å². The van der Waals surface area contributed by atoms with Gasteiger partial charge in [-0.15, -0.1) is 0 Å². The van der Waals surface area contributed by atoms with Gasteiger partial charge in [0.1, 0.15) is 18.2 Å². The Kier molecular flexibility index (Phi) is 6.58. The summed E-state index contributed by atoms with van der Waals surface area (Å²) in [5, 5.41) is 0. The number of alkyl halides is 1. The Morgan fingerprint density at radius 2 is 1.88 bits per heavy atom. The number of benzene rings is 2. The van der Waals surface area contributed by atoms with Crippen molar-refractivity contribution in [3.8, 4) is 16.9 Å². The number of hydrogen-bond donors (Lipinski definition) is 1. The molecule has 178 valence electrons. The summed E-state index contributed by atoms with van der Waals surface area (Å²) < 4.78 is 61.2. The summed E-state index contributed by atoms with van der Waals surface area (Å²) in [6.45, 7) is 2.54. The minimum absolute atomic E-state index is 0.0755. The van der Waals surface area contributed by atoms with Crippen LogP contribution >= 0.6 is 0 Å². The zero-order valence-corrected chi connectivity index (χ0v) is 19.3. The van der Waals surface area contributed by atoms with Crippen molar-refractivity contribution in [3.63, 3.8) is 0 Å². The Morgan fingerprint density at radius 3 is 2.64 bits per heavy atom. The van der Waals surface area contributed by atoms with Gasteiger partial charge in [-0.3, -0.25) is 0 Å². The van der Waals surface area contributed by atoms with Crippen LogP contribution in [0.2, 0.25) is 0 Å². The van der Waals surface area contributed by atoms with Crippen molar-refractivity contribution in [3.05, 3.63) is 53.8 Å². The molecule has 1 fully saturated rings. The van der Waals surface area contributed by atoms with Gasteiger partial charge in [0.05, 0.1) is 12.6 Å². The van der Waals surface area contributed by atoms with Crippen molar-refractivity contribution >= 4 is 16.1 Å². The van der Waals surface area contributed by atoms with Gasteiger partial charge in [-0.05, 0) is 24.0 Å². The van der Waals surface area contributed by atoms with Crippen LogP contribution in [0.25, 0.3) is 11.1 Å². The smallest absolute Gasteiger partial charge is 0.320 e. The quantitative estimate of drug-likeness (QED) is 0.734. The number of para-hydroxylation sites is 1. The molecule has 33 heavy (non-hydrogen) atoms. The van der Waals surface area contributed by atoms with Crippen molar-refractivity contribution < 1.29 is 26.7 Å². The SMILES string of the molecule is C[C@H]1CN2C(=O)N(C)CCOc3ccccc3-c3cccc(c3F)C[C@H]2[C@H]1NS(=O)(=O)CF. The van der Waals surface area contributed by atoms with Crippen LogP contribution in [0.5, 0.6) is 5.75 Å². The first-order valence-electron chi connectivity index (χ1n) is 10.8. The van der Waals surface area contributed by atoms with Crippen LogP contribution in [0, 0.1) is 11.7 Å². The highest BCUT2D eigenvalue weighted by Gasteiger charge is 2.44. The Morgan fingerprint density at radius 1 is 1.15 bits per heavy atom. The molecule has 2 aliphatic rings. The first kappa shape index (κ1) is 23.4. The number of carbonyl (C=O) groups excluding carboxylic acids is 1. The first-order valence-corrected chi connectivity index (χ1v) is 12.4. The molecule has 0 unspecified atom stereocenters. The minimum Gasteiger partial charge on any atom is -0.491 e. The third-order valence-electron chi connectivity index (χ3n) is 6.31. The normalized spacial score (nSPS) is 23.6. The predicted molar refractivity (Wildman–Crippen MR) is 121 cm³/mol. The standard InChI is InChI=1S/C23H27F2N3O4S/c1-15-13-28-19(22(15)26-33(30,31)14-24)12-16-6-5-8-18(21(16)25)17-7-3-4-9-20(17)32-11-10-27(2)23(28)29/h3-9,15,19,22,26H,10-14H2,1-2H3/t15-,19-,22-/m0/s1. The zero-order valence-electron chi connectivity index (χ0n) is 18.5. The van der Waals surface area contributed by atoms with E-state index in [9.17, 15) is 17.6 Å². The second-order valence-corrected chi connectivity index (χ2v) is 10.3. The summed E-state index contributed by atoms with van der Waals surface area (Å²) in [5.41, 5.74) is 1.29. The van der Waals surface area contributed by atoms with E-state index in [0.29, 0.717) is 22.4 Å². The molecule has 2 aromatic rings. The van der Waals surface area contributed by atoms with Crippen LogP contribution in [0.15, 0.2) is 42.5 Å². The fourth-order valence-electron chi connectivity index (χ4n) is 4.62. The van der Waals surface area contributed by atoms with E-state index in [-0.39, 0.29) is 38.1 Å². The van der Waals surface area contributed by atoms with Gasteiger partial charge in [-0.2, -0.15) is 0 Å². The minimum atomic E-state index is -4.18. The molecule has 0 aromatic heterocycles. The Hall–Kier alpha value is -2.72. The van der Waals surface area contributed by atoms with Gasteiger partial charge in [-0.25, -0.2) is 26.7 Å². The Labute approximate surface area is 192 Å². The van der Waals surface area contributed by atoms with Gasteiger partial charge in [0.25, 0.3) is 0 Å². The van der Waals surface area contributed by atoms with Crippen molar-refractivity contribution in [1.82, 2.24) is 14.5 Å². The van der Waals surface area contributed by atoms with Gasteiger partial charge in [-0.1, -0.05) is 43.3 Å². The molecule has 0 aliphatic carbocycles. The Bertz CT molecular complexity index is 1140. The molecule has 7 nitrogen and oxygen atoms in total. The molecule has 2 heterocycles. The average Bonchev–Trinajstić information content (AvgIpc) is 3.09. The number of hydrogen-bond acceptors (Lipinski definition) is 4. The summed E-state index contributed by atoms with van der Waals surface area (Å²) in [6, 6.07) is 8.82. The highest BCUT2D eigenvalue weighted by atomic mass is 32.2. The van der Waals surface area contributed by atoms with Crippen molar-refractivity contribution in [2.75, 3.05) is 32.8 Å². The fourth-order valence-corrected chi connectivity index (χ4v) is 5.48. The number of carbonyl (C=O) groups is 1. The number of ether oxygens (including phenoxy) is 1. The number of fused-ring (bicyclic) bond motifs is 5. The van der Waals surface area contributed by atoms with Gasteiger partial charge in [0.2, 0.25) is 16.0 Å². The van der Waals surface area contributed by atoms with Gasteiger partial charge in [0.15, 0.2) is 0 Å². The van der Waals surface area contributed by atoms with Crippen LogP contribution in [0.3, 0.4) is 0 Å². The van der Waals surface area contributed by atoms with E-state index in [2.05, 4.69) is 4.72 Å². The Balaban J connectivity index is 1.81. The molecule has 0 saturated carbocycles. The summed E-state index contributed by atoms with van der Waals surface area (Å²) in [7, 11) is -2.54. The molecule has 1 saturated heterocycles. The lowest BCUT2D eigenvalue weighted by atomic mass is 9.93. The zero-order chi connectivity index (χ0) is 23.8. The second-order valence-electron chi connectivity index (χ2n) is 8.60. The summed E-state index contributed by atoms with van der Waals surface area (Å²) in [5.74, 6) is -0.235. The number of nitrogens with one attached hydrogen (secondary N) is 1. The van der Waals surface area contributed by atoms with E-state index in [1.54, 1.807) is 61.3 Å². The third-order valence-corrected chi connectivity index (χ3v) is 7.23. The number of amides is 2. The maximum Gasteiger partial charge on any atom is 0.320 e. The molecular weight excluding hydrogens is 452 g/mol. The highest BCUT2D eigenvalue weighted by molar-refractivity contribution is 7.89. The molecule has 2 aliphatic heterocycles. The maximum atomic E-state index is 15.7. The average molecular weight is 480 g/mol. The molecular formula is C23H27F2N3O4S. The topological polar surface area (TPSA) is 79.0 Å². The third kappa shape index (κ3) is 4.67. The first-order chi connectivity index (χ1) is 15.7. The van der Waals surface area contributed by atoms with Gasteiger partial charge < -0.3 is 14.5 Å². The van der Waals surface area contributed by atoms with E-state index in [4.69, 9.17) is 4.74 Å². The molecule has 10 heteroatoms. The fraction of sp³-hybridized carbons (Fsp3) is 0.435. The van der Waals surface area contributed by atoms with Crippen molar-refractivity contribution in [1.29, 1.82) is 0 Å². The van der Waals surface area contributed by atoms with Crippen LogP contribution in [-0.2, 0) is 16.4 Å². The van der Waals surface area contributed by atoms with E-state index in [1.807, 2.05) is 0 Å². The van der Waals surface area contributed by atoms with E-state index in [0.717, 1.165) is 0 Å². The molecule has 4 rings (SSSR count).